The van der Waals surface area contributed by atoms with Gasteiger partial charge in [0.05, 0.1) is 5.69 Å². The van der Waals surface area contributed by atoms with Crippen LogP contribution in [0.2, 0.25) is 0 Å². The monoisotopic (exact) mass is 237 g/mol. The number of nitrogens with zero attached hydrogens (tertiary/aromatic N) is 3. The van der Waals surface area contributed by atoms with Crippen molar-refractivity contribution < 1.29 is 0 Å². The molecule has 18 heavy (non-hydrogen) atoms. The van der Waals surface area contributed by atoms with Gasteiger partial charge in [-0.1, -0.05) is 12.1 Å². The third-order valence-electron chi connectivity index (χ3n) is 2.61. The summed E-state index contributed by atoms with van der Waals surface area (Å²) < 4.78 is 0. The number of nitrogens with one attached hydrogen (secondary N) is 1. The molecule has 0 saturated carbocycles. The maximum Gasteiger partial charge on any atom is 0.229 e. The Hall–Kier alpha value is -2.69. The van der Waals surface area contributed by atoms with Gasteiger partial charge in [0, 0.05) is 24.0 Å². The summed E-state index contributed by atoms with van der Waals surface area (Å²) in [6.45, 7) is 0. The van der Waals surface area contributed by atoms with Gasteiger partial charge >= 0.3 is 0 Å². The number of benzene rings is 1. The van der Waals surface area contributed by atoms with Crippen LogP contribution in [0.3, 0.4) is 0 Å². The maximum atomic E-state index is 5.62. The minimum absolute atomic E-state index is 0.436. The summed E-state index contributed by atoms with van der Waals surface area (Å²) in [6.07, 6.45) is 5.20. The van der Waals surface area contributed by atoms with E-state index in [9.17, 15) is 0 Å². The van der Waals surface area contributed by atoms with Crippen LogP contribution in [0, 0.1) is 0 Å². The zero-order valence-corrected chi connectivity index (χ0v) is 9.54. The molecule has 0 spiro atoms. The Labute approximate surface area is 104 Å². The van der Waals surface area contributed by atoms with Crippen molar-refractivity contribution in [1.82, 2.24) is 15.0 Å². The van der Waals surface area contributed by atoms with Crippen LogP contribution < -0.4 is 11.1 Å². The van der Waals surface area contributed by atoms with Crippen LogP contribution in [0.25, 0.3) is 10.8 Å². The van der Waals surface area contributed by atoms with Crippen molar-refractivity contribution in [2.24, 2.45) is 0 Å². The molecule has 3 aromatic rings. The fourth-order valence-corrected chi connectivity index (χ4v) is 1.78. The first-order chi connectivity index (χ1) is 8.83. The van der Waals surface area contributed by atoms with Crippen LogP contribution >= 0.6 is 0 Å². The number of hydrogen-bond acceptors (Lipinski definition) is 5. The van der Waals surface area contributed by atoms with Crippen LogP contribution in [0.15, 0.2) is 48.9 Å². The Kier molecular flexibility index (Phi) is 2.49. The molecule has 0 unspecified atom stereocenters. The molecule has 0 saturated heterocycles. The number of anilines is 3. The Balaban J connectivity index is 2.05. The van der Waals surface area contributed by atoms with Crippen LogP contribution in [-0.2, 0) is 0 Å². The Bertz CT molecular complexity index is 690. The topological polar surface area (TPSA) is 76.7 Å². The van der Waals surface area contributed by atoms with Gasteiger partial charge in [0.15, 0.2) is 0 Å². The zero-order valence-electron chi connectivity index (χ0n) is 9.54. The molecule has 0 radical (unpaired) electrons. The van der Waals surface area contributed by atoms with Gasteiger partial charge < -0.3 is 11.1 Å². The molecule has 0 bridgehead atoms. The van der Waals surface area contributed by atoms with Gasteiger partial charge in [-0.2, -0.15) is 4.98 Å². The van der Waals surface area contributed by atoms with E-state index < -0.39 is 0 Å². The number of fused-ring (bicyclic) bond motifs is 1. The predicted molar refractivity (Wildman–Crippen MR) is 71.5 cm³/mol. The quantitative estimate of drug-likeness (QED) is 0.715. The van der Waals surface area contributed by atoms with Gasteiger partial charge in [0.1, 0.15) is 5.82 Å². The van der Waals surface area contributed by atoms with E-state index in [1.807, 2.05) is 30.5 Å². The van der Waals surface area contributed by atoms with Gasteiger partial charge in [-0.15, -0.1) is 0 Å². The van der Waals surface area contributed by atoms with Crippen LogP contribution in [0.4, 0.5) is 17.5 Å². The first kappa shape index (κ1) is 10.5. The van der Waals surface area contributed by atoms with Crippen molar-refractivity contribution in [2.45, 2.75) is 0 Å². The molecule has 2 aromatic heterocycles. The number of hydrogen-bond donors (Lipinski definition) is 2. The van der Waals surface area contributed by atoms with E-state index >= 15 is 0 Å². The molecular weight excluding hydrogens is 226 g/mol. The zero-order chi connectivity index (χ0) is 12.4. The number of rotatable bonds is 2. The van der Waals surface area contributed by atoms with Crippen molar-refractivity contribution in [3.05, 3.63) is 48.9 Å². The van der Waals surface area contributed by atoms with E-state index in [-0.39, 0.29) is 0 Å². The Morgan fingerprint density at radius 2 is 2.00 bits per heavy atom. The van der Waals surface area contributed by atoms with E-state index in [2.05, 4.69) is 20.3 Å². The minimum Gasteiger partial charge on any atom is -0.384 e. The van der Waals surface area contributed by atoms with E-state index in [0.717, 1.165) is 16.5 Å². The average molecular weight is 237 g/mol. The van der Waals surface area contributed by atoms with Gasteiger partial charge in [0.25, 0.3) is 0 Å². The fourth-order valence-electron chi connectivity index (χ4n) is 1.78. The third kappa shape index (κ3) is 1.93. The van der Waals surface area contributed by atoms with Crippen molar-refractivity contribution in [3.63, 3.8) is 0 Å². The molecule has 0 amide bonds. The van der Waals surface area contributed by atoms with Crippen molar-refractivity contribution in [1.29, 1.82) is 0 Å². The number of aromatic nitrogens is 3. The summed E-state index contributed by atoms with van der Waals surface area (Å²) in [7, 11) is 0. The van der Waals surface area contributed by atoms with Gasteiger partial charge in [-0.3, -0.25) is 4.98 Å². The van der Waals surface area contributed by atoms with Crippen LogP contribution in [-0.4, -0.2) is 15.0 Å². The van der Waals surface area contributed by atoms with Crippen molar-refractivity contribution in [2.75, 3.05) is 11.1 Å². The molecule has 3 rings (SSSR count). The molecule has 0 aliphatic carbocycles. The highest BCUT2D eigenvalue weighted by Crippen LogP contribution is 2.24. The van der Waals surface area contributed by atoms with E-state index in [1.54, 1.807) is 18.5 Å². The summed E-state index contributed by atoms with van der Waals surface area (Å²) in [5.41, 5.74) is 6.53. The molecule has 5 heteroatoms. The molecule has 0 aliphatic heterocycles. The van der Waals surface area contributed by atoms with Gasteiger partial charge in [0.2, 0.25) is 5.95 Å². The van der Waals surface area contributed by atoms with E-state index in [4.69, 9.17) is 5.73 Å². The molecule has 0 aliphatic rings. The average Bonchev–Trinajstić information content (AvgIpc) is 2.39. The van der Waals surface area contributed by atoms with Crippen LogP contribution in [0.1, 0.15) is 0 Å². The molecule has 88 valence electrons. The second-order valence-corrected chi connectivity index (χ2v) is 3.83. The lowest BCUT2D eigenvalue weighted by Crippen LogP contribution is -1.99. The standard InChI is InChI=1S/C13H11N5/c14-12-5-7-16-13(18-12)17-11-3-1-2-9-4-6-15-8-10(9)11/h1-8H,(H3,14,16,17,18). The number of nitrogen functional groups attached to an aromatic ring is 1. The lowest BCUT2D eigenvalue weighted by molar-refractivity contribution is 1.18. The highest BCUT2D eigenvalue weighted by Gasteiger charge is 2.02. The lowest BCUT2D eigenvalue weighted by atomic mass is 10.1. The molecule has 1 aromatic carbocycles. The summed E-state index contributed by atoms with van der Waals surface area (Å²) in [5.74, 6) is 0.914. The summed E-state index contributed by atoms with van der Waals surface area (Å²) >= 11 is 0. The van der Waals surface area contributed by atoms with Crippen molar-refractivity contribution >= 4 is 28.2 Å². The first-order valence-corrected chi connectivity index (χ1v) is 5.51. The molecule has 5 nitrogen and oxygen atoms in total. The second-order valence-electron chi connectivity index (χ2n) is 3.83. The minimum atomic E-state index is 0.436. The molecular formula is C13H11N5. The van der Waals surface area contributed by atoms with Gasteiger partial charge in [-0.05, 0) is 23.6 Å². The highest BCUT2D eigenvalue weighted by molar-refractivity contribution is 5.94. The summed E-state index contributed by atoms with van der Waals surface area (Å²) in [4.78, 5) is 12.4. The number of nitrogens with two attached hydrogens (primary N) is 1. The van der Waals surface area contributed by atoms with E-state index in [0.29, 0.717) is 11.8 Å². The fraction of sp³-hybridized carbons (Fsp3) is 0. The highest BCUT2D eigenvalue weighted by atomic mass is 15.1. The largest absolute Gasteiger partial charge is 0.384 e. The number of pyridine rings is 1. The Morgan fingerprint density at radius 3 is 2.89 bits per heavy atom. The second kappa shape index (κ2) is 4.29. The van der Waals surface area contributed by atoms with E-state index in [1.165, 1.54) is 0 Å². The molecule has 2 heterocycles. The van der Waals surface area contributed by atoms with Crippen molar-refractivity contribution in [3.8, 4) is 0 Å². The predicted octanol–water partition coefficient (Wildman–Crippen LogP) is 2.35. The molecule has 3 N–H and O–H groups in total. The van der Waals surface area contributed by atoms with Crippen LogP contribution in [0.5, 0.6) is 0 Å². The summed E-state index contributed by atoms with van der Waals surface area (Å²) in [5, 5.41) is 5.28. The summed E-state index contributed by atoms with van der Waals surface area (Å²) in [6, 6.07) is 9.56. The third-order valence-corrected chi connectivity index (χ3v) is 2.61. The van der Waals surface area contributed by atoms with Gasteiger partial charge in [-0.25, -0.2) is 4.98 Å². The maximum absolute atomic E-state index is 5.62. The SMILES string of the molecule is Nc1ccnc(Nc2cccc3ccncc23)n1. The molecule has 0 atom stereocenters. The normalized spacial score (nSPS) is 10.4. The smallest absolute Gasteiger partial charge is 0.229 e. The first-order valence-electron chi connectivity index (χ1n) is 5.51. The lowest BCUT2D eigenvalue weighted by Gasteiger charge is -2.07. The Morgan fingerprint density at radius 1 is 1.06 bits per heavy atom. The molecule has 0 fully saturated rings.